The van der Waals surface area contributed by atoms with Gasteiger partial charge in [-0.25, -0.2) is 4.79 Å². The van der Waals surface area contributed by atoms with Crippen LogP contribution in [0.2, 0.25) is 0 Å². The van der Waals surface area contributed by atoms with Gasteiger partial charge in [0.25, 0.3) is 11.5 Å². The Kier molecular flexibility index (Phi) is 6.13. The van der Waals surface area contributed by atoms with Crippen LogP contribution in [0.25, 0.3) is 0 Å². The molecule has 0 unspecified atom stereocenters. The van der Waals surface area contributed by atoms with Crippen molar-refractivity contribution < 1.29 is 19.1 Å². The van der Waals surface area contributed by atoms with Gasteiger partial charge >= 0.3 is 5.97 Å². The Morgan fingerprint density at radius 3 is 2.64 bits per heavy atom. The van der Waals surface area contributed by atoms with Crippen LogP contribution >= 0.6 is 0 Å². The summed E-state index contributed by atoms with van der Waals surface area (Å²) < 4.78 is 12.3. The summed E-state index contributed by atoms with van der Waals surface area (Å²) in [5.41, 5.74) is 2.35. The van der Waals surface area contributed by atoms with Crippen molar-refractivity contribution in [3.63, 3.8) is 0 Å². The van der Waals surface area contributed by atoms with Crippen molar-refractivity contribution in [1.29, 1.82) is 0 Å². The number of aryl methyl sites for hydroxylation is 1. The van der Waals surface area contributed by atoms with Crippen LogP contribution in [-0.2, 0) is 22.5 Å². The molecule has 0 bridgehead atoms. The molecule has 1 aliphatic rings. The van der Waals surface area contributed by atoms with E-state index in [9.17, 15) is 14.4 Å². The van der Waals surface area contributed by atoms with Gasteiger partial charge in [0.15, 0.2) is 6.61 Å². The zero-order valence-electron chi connectivity index (χ0n) is 16.1. The molecule has 7 heteroatoms. The minimum atomic E-state index is -0.540. The van der Waals surface area contributed by atoms with Crippen LogP contribution in [0, 0.1) is 6.92 Å². The minimum Gasteiger partial charge on any atom is -0.483 e. The largest absolute Gasteiger partial charge is 0.483 e. The predicted octanol–water partition coefficient (Wildman–Crippen LogP) is 2.69. The molecule has 0 radical (unpaired) electrons. The van der Waals surface area contributed by atoms with Gasteiger partial charge in [-0.2, -0.15) is 0 Å². The van der Waals surface area contributed by atoms with Gasteiger partial charge in [-0.05, 0) is 45.2 Å². The SMILES string of the molecule is CCOC(=O)c1c(OCC(=O)Nc2ccc(C)cc2)cc(=O)n2c1CCCC2. The highest BCUT2D eigenvalue weighted by Crippen LogP contribution is 2.26. The summed E-state index contributed by atoms with van der Waals surface area (Å²) in [5, 5.41) is 2.73. The highest BCUT2D eigenvalue weighted by atomic mass is 16.5. The van der Waals surface area contributed by atoms with Crippen LogP contribution in [-0.4, -0.2) is 29.7 Å². The third kappa shape index (κ3) is 4.42. The van der Waals surface area contributed by atoms with E-state index >= 15 is 0 Å². The van der Waals surface area contributed by atoms with Crippen LogP contribution in [0.5, 0.6) is 5.75 Å². The maximum Gasteiger partial charge on any atom is 0.343 e. The van der Waals surface area contributed by atoms with Crippen LogP contribution in [0.4, 0.5) is 5.69 Å². The van der Waals surface area contributed by atoms with Crippen LogP contribution in [0.15, 0.2) is 35.1 Å². The molecule has 2 heterocycles. The zero-order chi connectivity index (χ0) is 20.1. The first-order valence-corrected chi connectivity index (χ1v) is 9.42. The molecule has 1 aromatic heterocycles. The summed E-state index contributed by atoms with van der Waals surface area (Å²) >= 11 is 0. The third-order valence-electron chi connectivity index (χ3n) is 4.60. The van der Waals surface area contributed by atoms with Gasteiger partial charge in [0.1, 0.15) is 11.3 Å². The lowest BCUT2D eigenvalue weighted by atomic mass is 10.0. The minimum absolute atomic E-state index is 0.0932. The van der Waals surface area contributed by atoms with Gasteiger partial charge in [-0.1, -0.05) is 17.7 Å². The number of esters is 1. The molecule has 0 saturated carbocycles. The van der Waals surface area contributed by atoms with Gasteiger partial charge in [0.2, 0.25) is 0 Å². The molecule has 0 fully saturated rings. The first-order chi connectivity index (χ1) is 13.5. The molecule has 1 N–H and O–H groups in total. The van der Waals surface area contributed by atoms with E-state index in [4.69, 9.17) is 9.47 Å². The molecule has 148 valence electrons. The molecule has 1 aromatic carbocycles. The van der Waals surface area contributed by atoms with Crippen LogP contribution in [0.1, 0.15) is 41.4 Å². The summed E-state index contributed by atoms with van der Waals surface area (Å²) in [6.45, 7) is 4.14. The second-order valence-corrected chi connectivity index (χ2v) is 6.70. The van der Waals surface area contributed by atoms with E-state index in [1.807, 2.05) is 19.1 Å². The van der Waals surface area contributed by atoms with Gasteiger partial charge in [-0.3, -0.25) is 9.59 Å². The normalized spacial score (nSPS) is 12.8. The van der Waals surface area contributed by atoms with Crippen molar-refractivity contribution in [3.05, 3.63) is 57.5 Å². The number of benzene rings is 1. The van der Waals surface area contributed by atoms with E-state index < -0.39 is 5.97 Å². The molecular formula is C21H24N2O5. The number of nitrogens with zero attached hydrogens (tertiary/aromatic N) is 1. The van der Waals surface area contributed by atoms with Crippen molar-refractivity contribution in [1.82, 2.24) is 4.57 Å². The highest BCUT2D eigenvalue weighted by molar-refractivity contribution is 5.95. The Bertz CT molecular complexity index is 931. The van der Waals surface area contributed by atoms with Crippen molar-refractivity contribution >= 4 is 17.6 Å². The number of amides is 1. The van der Waals surface area contributed by atoms with E-state index in [0.717, 1.165) is 18.4 Å². The second-order valence-electron chi connectivity index (χ2n) is 6.70. The van der Waals surface area contributed by atoms with Crippen molar-refractivity contribution in [2.45, 2.75) is 39.7 Å². The number of carbonyl (C=O) groups excluding carboxylic acids is 2. The van der Waals surface area contributed by atoms with Crippen LogP contribution < -0.4 is 15.6 Å². The number of carbonyl (C=O) groups is 2. The maximum atomic E-state index is 12.5. The monoisotopic (exact) mass is 384 g/mol. The molecule has 1 amide bonds. The number of nitrogens with one attached hydrogen (secondary N) is 1. The molecule has 3 rings (SSSR count). The van der Waals surface area contributed by atoms with E-state index in [2.05, 4.69) is 5.32 Å². The lowest BCUT2D eigenvalue weighted by Gasteiger charge is -2.22. The van der Waals surface area contributed by atoms with E-state index in [1.165, 1.54) is 6.07 Å². The highest BCUT2D eigenvalue weighted by Gasteiger charge is 2.25. The second kappa shape index (κ2) is 8.73. The molecule has 0 saturated heterocycles. The Morgan fingerprint density at radius 2 is 1.93 bits per heavy atom. The van der Waals surface area contributed by atoms with E-state index in [1.54, 1.807) is 23.6 Å². The van der Waals surface area contributed by atoms with Crippen molar-refractivity contribution in [2.24, 2.45) is 0 Å². The number of hydrogen-bond acceptors (Lipinski definition) is 5. The smallest absolute Gasteiger partial charge is 0.343 e. The first kappa shape index (κ1) is 19.7. The number of hydrogen-bond donors (Lipinski definition) is 1. The molecule has 0 spiro atoms. The summed E-state index contributed by atoms with van der Waals surface area (Å²) in [5.74, 6) is -0.825. The maximum absolute atomic E-state index is 12.5. The van der Waals surface area contributed by atoms with Gasteiger partial charge < -0.3 is 19.4 Å². The number of fused-ring (bicyclic) bond motifs is 1. The molecule has 0 atom stereocenters. The summed E-state index contributed by atoms with van der Waals surface area (Å²) in [6.07, 6.45) is 2.35. The molecule has 7 nitrogen and oxygen atoms in total. The average molecular weight is 384 g/mol. The Hall–Kier alpha value is -3.09. The fraction of sp³-hybridized carbons (Fsp3) is 0.381. The lowest BCUT2D eigenvalue weighted by Crippen LogP contribution is -2.31. The summed E-state index contributed by atoms with van der Waals surface area (Å²) in [7, 11) is 0. The number of pyridine rings is 1. The standard InChI is InChI=1S/C21H24N2O5/c1-3-27-21(26)20-16-6-4-5-11-23(16)19(25)12-17(20)28-13-18(24)22-15-9-7-14(2)8-10-15/h7-10,12H,3-6,11,13H2,1-2H3,(H,22,24). The van der Waals surface area contributed by atoms with Gasteiger partial charge in [0.05, 0.1) is 6.61 Å². The van der Waals surface area contributed by atoms with E-state index in [0.29, 0.717) is 24.3 Å². The van der Waals surface area contributed by atoms with Crippen molar-refractivity contribution in [3.8, 4) is 5.75 Å². The topological polar surface area (TPSA) is 86.6 Å². The number of aromatic nitrogens is 1. The quantitative estimate of drug-likeness (QED) is 0.774. The van der Waals surface area contributed by atoms with Crippen molar-refractivity contribution in [2.75, 3.05) is 18.5 Å². The molecule has 1 aliphatic heterocycles. The van der Waals surface area contributed by atoms with Crippen LogP contribution in [0.3, 0.4) is 0 Å². The van der Waals surface area contributed by atoms with Gasteiger partial charge in [-0.15, -0.1) is 0 Å². The fourth-order valence-electron chi connectivity index (χ4n) is 3.25. The molecule has 2 aromatic rings. The lowest BCUT2D eigenvalue weighted by molar-refractivity contribution is -0.118. The summed E-state index contributed by atoms with van der Waals surface area (Å²) in [6, 6.07) is 8.63. The first-order valence-electron chi connectivity index (χ1n) is 9.42. The molecule has 28 heavy (non-hydrogen) atoms. The molecular weight excluding hydrogens is 360 g/mol. The number of ether oxygens (including phenoxy) is 2. The number of rotatable bonds is 6. The Morgan fingerprint density at radius 1 is 1.18 bits per heavy atom. The fourth-order valence-corrected chi connectivity index (χ4v) is 3.25. The molecule has 0 aliphatic carbocycles. The summed E-state index contributed by atoms with van der Waals surface area (Å²) in [4.78, 5) is 37.1. The average Bonchev–Trinajstić information content (AvgIpc) is 2.68. The van der Waals surface area contributed by atoms with Gasteiger partial charge in [0, 0.05) is 24.0 Å². The Labute approximate surface area is 163 Å². The zero-order valence-corrected chi connectivity index (χ0v) is 16.1. The predicted molar refractivity (Wildman–Crippen MR) is 105 cm³/mol. The third-order valence-corrected chi connectivity index (χ3v) is 4.60. The number of anilines is 1. The van der Waals surface area contributed by atoms with E-state index in [-0.39, 0.29) is 36.0 Å². The Balaban J connectivity index is 1.81.